The van der Waals surface area contributed by atoms with E-state index in [1.165, 1.54) is 36.9 Å². The highest BCUT2D eigenvalue weighted by molar-refractivity contribution is 14.0. The SMILES string of the molecule is CN=C(NCC1(C)COC1)N1CC2(CCCC2)c2ccccc21.I. The van der Waals surface area contributed by atoms with Crippen LogP contribution in [0.25, 0.3) is 0 Å². The Morgan fingerprint density at radius 3 is 2.58 bits per heavy atom. The fraction of sp³-hybridized carbons (Fsp3) is 0.632. The van der Waals surface area contributed by atoms with Crippen LogP contribution in [0.1, 0.15) is 38.2 Å². The van der Waals surface area contributed by atoms with Gasteiger partial charge in [0.05, 0.1) is 13.2 Å². The van der Waals surface area contributed by atoms with Crippen molar-refractivity contribution in [2.24, 2.45) is 10.4 Å². The lowest BCUT2D eigenvalue weighted by Gasteiger charge is -2.39. The molecule has 1 aromatic rings. The third kappa shape index (κ3) is 2.94. The third-order valence-corrected chi connectivity index (χ3v) is 5.83. The van der Waals surface area contributed by atoms with Crippen molar-refractivity contribution >= 4 is 35.6 Å². The molecule has 2 aliphatic heterocycles. The van der Waals surface area contributed by atoms with Gasteiger partial charge < -0.3 is 15.0 Å². The van der Waals surface area contributed by atoms with E-state index in [9.17, 15) is 0 Å². The van der Waals surface area contributed by atoms with Gasteiger partial charge in [-0.1, -0.05) is 38.0 Å². The second kappa shape index (κ2) is 6.83. The minimum atomic E-state index is 0. The van der Waals surface area contributed by atoms with Gasteiger partial charge in [0.25, 0.3) is 0 Å². The summed E-state index contributed by atoms with van der Waals surface area (Å²) in [6.07, 6.45) is 5.32. The summed E-state index contributed by atoms with van der Waals surface area (Å²) in [4.78, 5) is 6.98. The molecule has 1 N–H and O–H groups in total. The Labute approximate surface area is 162 Å². The van der Waals surface area contributed by atoms with Crippen molar-refractivity contribution in [1.29, 1.82) is 0 Å². The quantitative estimate of drug-likeness (QED) is 0.434. The Kier molecular flexibility index (Phi) is 5.12. The zero-order valence-electron chi connectivity index (χ0n) is 14.7. The summed E-state index contributed by atoms with van der Waals surface area (Å²) >= 11 is 0. The third-order valence-electron chi connectivity index (χ3n) is 5.83. The molecule has 1 spiro atoms. The molecular weight excluding hydrogens is 413 g/mol. The predicted octanol–water partition coefficient (Wildman–Crippen LogP) is 3.55. The standard InChI is InChI=1S/C19H27N3O.HI/c1-18(13-23-14-18)11-21-17(20-2)22-12-19(9-5-6-10-19)15-7-3-4-8-16(15)22;/h3-4,7-8H,5-6,9-14H2,1-2H3,(H,20,21);1H. The number of fused-ring (bicyclic) bond motifs is 2. The smallest absolute Gasteiger partial charge is 0.198 e. The normalized spacial score (nSPS) is 23.6. The number of nitrogens with zero attached hydrogens (tertiary/aromatic N) is 2. The summed E-state index contributed by atoms with van der Waals surface area (Å²) in [5, 5.41) is 3.60. The zero-order chi connectivity index (χ0) is 15.9. The number of benzene rings is 1. The van der Waals surface area contributed by atoms with Crippen molar-refractivity contribution in [2.45, 2.75) is 38.0 Å². The molecule has 0 amide bonds. The minimum Gasteiger partial charge on any atom is -0.380 e. The van der Waals surface area contributed by atoms with E-state index in [4.69, 9.17) is 4.74 Å². The molecule has 2 heterocycles. The molecule has 0 unspecified atom stereocenters. The Morgan fingerprint density at radius 2 is 1.96 bits per heavy atom. The zero-order valence-corrected chi connectivity index (χ0v) is 17.0. The van der Waals surface area contributed by atoms with E-state index < -0.39 is 0 Å². The minimum absolute atomic E-state index is 0. The Hall–Kier alpha value is -0.820. The number of hydrogen-bond acceptors (Lipinski definition) is 2. The second-order valence-corrected chi connectivity index (χ2v) is 7.79. The summed E-state index contributed by atoms with van der Waals surface area (Å²) in [6.45, 7) is 5.95. The van der Waals surface area contributed by atoms with Gasteiger partial charge in [-0.25, -0.2) is 0 Å². The molecule has 1 saturated carbocycles. The van der Waals surface area contributed by atoms with E-state index in [2.05, 4.69) is 46.4 Å². The first kappa shape index (κ1) is 18.0. The van der Waals surface area contributed by atoms with Crippen LogP contribution in [-0.2, 0) is 10.2 Å². The lowest BCUT2D eigenvalue weighted by Crippen LogP contribution is -2.52. The van der Waals surface area contributed by atoms with E-state index in [0.717, 1.165) is 32.3 Å². The van der Waals surface area contributed by atoms with Gasteiger partial charge in [-0.15, -0.1) is 24.0 Å². The number of halogens is 1. The molecular formula is C19H28IN3O. The van der Waals surface area contributed by atoms with Gasteiger partial charge in [0.15, 0.2) is 5.96 Å². The van der Waals surface area contributed by atoms with Crippen LogP contribution >= 0.6 is 24.0 Å². The molecule has 3 aliphatic rings. The highest BCUT2D eigenvalue weighted by Gasteiger charge is 2.45. The van der Waals surface area contributed by atoms with Crippen LogP contribution in [0.5, 0.6) is 0 Å². The molecule has 0 bridgehead atoms. The number of para-hydroxylation sites is 1. The van der Waals surface area contributed by atoms with Crippen molar-refractivity contribution in [1.82, 2.24) is 5.32 Å². The van der Waals surface area contributed by atoms with Crippen LogP contribution in [0.3, 0.4) is 0 Å². The van der Waals surface area contributed by atoms with Gasteiger partial charge in [-0.3, -0.25) is 4.99 Å². The average molecular weight is 441 g/mol. The molecule has 1 aliphatic carbocycles. The fourth-order valence-corrected chi connectivity index (χ4v) is 4.44. The summed E-state index contributed by atoms with van der Waals surface area (Å²) in [6, 6.07) is 8.91. The van der Waals surface area contributed by atoms with Crippen LogP contribution in [0.2, 0.25) is 0 Å². The van der Waals surface area contributed by atoms with Crippen molar-refractivity contribution < 1.29 is 4.74 Å². The number of ether oxygens (including phenoxy) is 1. The van der Waals surface area contributed by atoms with Crippen molar-refractivity contribution in [3.63, 3.8) is 0 Å². The first-order chi connectivity index (χ1) is 11.2. The van der Waals surface area contributed by atoms with Crippen LogP contribution in [0.4, 0.5) is 5.69 Å². The molecule has 24 heavy (non-hydrogen) atoms. The maximum atomic E-state index is 5.37. The number of anilines is 1. The largest absolute Gasteiger partial charge is 0.380 e. The number of guanidine groups is 1. The van der Waals surface area contributed by atoms with Crippen molar-refractivity contribution in [2.75, 3.05) is 38.3 Å². The van der Waals surface area contributed by atoms with Crippen molar-refractivity contribution in [3.8, 4) is 0 Å². The van der Waals surface area contributed by atoms with E-state index in [1.54, 1.807) is 0 Å². The number of nitrogens with one attached hydrogen (secondary N) is 1. The summed E-state index contributed by atoms with van der Waals surface area (Å²) in [7, 11) is 1.89. The first-order valence-corrected chi connectivity index (χ1v) is 8.81. The van der Waals surface area contributed by atoms with E-state index in [-0.39, 0.29) is 29.4 Å². The number of rotatable bonds is 2. The first-order valence-electron chi connectivity index (χ1n) is 8.81. The molecule has 2 fully saturated rings. The predicted molar refractivity (Wildman–Crippen MR) is 110 cm³/mol. The van der Waals surface area contributed by atoms with Gasteiger partial charge in [-0.2, -0.15) is 0 Å². The lowest BCUT2D eigenvalue weighted by atomic mass is 9.81. The Balaban J connectivity index is 0.00000169. The molecule has 4 nitrogen and oxygen atoms in total. The molecule has 1 aromatic carbocycles. The van der Waals surface area contributed by atoms with E-state index in [0.29, 0.717) is 5.41 Å². The molecule has 0 aromatic heterocycles. The van der Waals surface area contributed by atoms with Crippen LogP contribution < -0.4 is 10.2 Å². The van der Waals surface area contributed by atoms with Crippen molar-refractivity contribution in [3.05, 3.63) is 29.8 Å². The monoisotopic (exact) mass is 441 g/mol. The van der Waals surface area contributed by atoms with Gasteiger partial charge in [0, 0.05) is 36.7 Å². The molecule has 1 saturated heterocycles. The highest BCUT2D eigenvalue weighted by atomic mass is 127. The molecule has 132 valence electrons. The maximum Gasteiger partial charge on any atom is 0.198 e. The fourth-order valence-electron chi connectivity index (χ4n) is 4.44. The lowest BCUT2D eigenvalue weighted by molar-refractivity contribution is -0.0970. The Bertz CT molecular complexity index is 621. The number of hydrogen-bond donors (Lipinski definition) is 1. The topological polar surface area (TPSA) is 36.9 Å². The maximum absolute atomic E-state index is 5.37. The summed E-state index contributed by atoms with van der Waals surface area (Å²) in [5.74, 6) is 1.01. The highest BCUT2D eigenvalue weighted by Crippen LogP contribution is 2.50. The average Bonchev–Trinajstić information content (AvgIpc) is 3.14. The van der Waals surface area contributed by atoms with Gasteiger partial charge in [0.1, 0.15) is 0 Å². The summed E-state index contributed by atoms with van der Waals surface area (Å²) < 4.78 is 5.37. The van der Waals surface area contributed by atoms with Crippen LogP contribution in [-0.4, -0.2) is 39.3 Å². The number of aliphatic imine (C=N–C) groups is 1. The van der Waals surface area contributed by atoms with Crippen LogP contribution in [0, 0.1) is 5.41 Å². The molecule has 0 radical (unpaired) electrons. The van der Waals surface area contributed by atoms with E-state index >= 15 is 0 Å². The molecule has 5 heteroatoms. The van der Waals surface area contributed by atoms with Crippen LogP contribution in [0.15, 0.2) is 29.3 Å². The Morgan fingerprint density at radius 1 is 1.25 bits per heavy atom. The molecule has 0 atom stereocenters. The summed E-state index contributed by atoms with van der Waals surface area (Å²) in [5.41, 5.74) is 3.47. The van der Waals surface area contributed by atoms with Gasteiger partial charge >= 0.3 is 0 Å². The second-order valence-electron chi connectivity index (χ2n) is 7.79. The molecule has 4 rings (SSSR count). The van der Waals surface area contributed by atoms with E-state index in [1.807, 2.05) is 7.05 Å². The van der Waals surface area contributed by atoms with Gasteiger partial charge in [-0.05, 0) is 24.5 Å². The van der Waals surface area contributed by atoms with Gasteiger partial charge in [0.2, 0.25) is 0 Å².